The monoisotopic (exact) mass is 412 g/mol. The Morgan fingerprint density at radius 2 is 1.52 bits per heavy atom. The summed E-state index contributed by atoms with van der Waals surface area (Å²) in [6.07, 6.45) is 2.18. The molecule has 0 aliphatic carbocycles. The van der Waals surface area contributed by atoms with Gasteiger partial charge in [-0.3, -0.25) is 0 Å². The molecule has 29 heavy (non-hydrogen) atoms. The average molecular weight is 413 g/mol. The van der Waals surface area contributed by atoms with Crippen LogP contribution in [-0.4, -0.2) is 22.5 Å². The molecule has 0 aliphatic heterocycles. The van der Waals surface area contributed by atoms with E-state index in [-0.39, 0.29) is 5.04 Å². The van der Waals surface area contributed by atoms with Crippen molar-refractivity contribution in [3.05, 3.63) is 52.6 Å². The molecule has 0 aliphatic rings. The van der Waals surface area contributed by atoms with Gasteiger partial charge in [0, 0.05) is 0 Å². The SMILES string of the molecule is COc1ccc(/C=C(/C)c2cc(C)c(C)c(OC)c2)cc1O[Si](C)(C)C(C)(C)C. The van der Waals surface area contributed by atoms with Gasteiger partial charge in [-0.1, -0.05) is 39.0 Å². The lowest BCUT2D eigenvalue weighted by Gasteiger charge is -2.36. The third-order valence-electron chi connectivity index (χ3n) is 6.04. The van der Waals surface area contributed by atoms with E-state index in [0.29, 0.717) is 0 Å². The second-order valence-corrected chi connectivity index (χ2v) is 13.9. The van der Waals surface area contributed by atoms with Gasteiger partial charge in [0.2, 0.25) is 0 Å². The van der Waals surface area contributed by atoms with Crippen LogP contribution in [-0.2, 0) is 0 Å². The maximum Gasteiger partial charge on any atom is 0.250 e. The molecule has 0 spiro atoms. The lowest BCUT2D eigenvalue weighted by Crippen LogP contribution is -2.43. The molecule has 2 aromatic carbocycles. The Morgan fingerprint density at radius 1 is 0.897 bits per heavy atom. The largest absolute Gasteiger partial charge is 0.541 e. The molecule has 3 nitrogen and oxygen atoms in total. The molecule has 0 saturated carbocycles. The van der Waals surface area contributed by atoms with E-state index in [1.807, 2.05) is 6.07 Å². The van der Waals surface area contributed by atoms with Gasteiger partial charge >= 0.3 is 0 Å². The summed E-state index contributed by atoms with van der Waals surface area (Å²) >= 11 is 0. The van der Waals surface area contributed by atoms with E-state index >= 15 is 0 Å². The molecule has 0 bridgehead atoms. The van der Waals surface area contributed by atoms with E-state index in [0.717, 1.165) is 28.4 Å². The second kappa shape index (κ2) is 8.66. The van der Waals surface area contributed by atoms with Crippen LogP contribution in [0.15, 0.2) is 30.3 Å². The Hall–Kier alpha value is -2.20. The molecule has 0 radical (unpaired) electrons. The van der Waals surface area contributed by atoms with Gasteiger partial charge in [0.05, 0.1) is 14.2 Å². The first-order chi connectivity index (χ1) is 13.4. The van der Waals surface area contributed by atoms with Crippen molar-refractivity contribution in [3.63, 3.8) is 0 Å². The van der Waals surface area contributed by atoms with E-state index in [1.54, 1.807) is 14.2 Å². The minimum absolute atomic E-state index is 0.121. The highest BCUT2D eigenvalue weighted by molar-refractivity contribution is 6.74. The fourth-order valence-electron chi connectivity index (χ4n) is 2.89. The smallest absolute Gasteiger partial charge is 0.250 e. The summed E-state index contributed by atoms with van der Waals surface area (Å²) in [5.41, 5.74) is 5.83. The molecule has 4 heteroatoms. The lowest BCUT2D eigenvalue weighted by atomic mass is 9.99. The second-order valence-electron chi connectivity index (χ2n) is 9.22. The summed E-state index contributed by atoms with van der Waals surface area (Å²) in [6, 6.07) is 10.5. The van der Waals surface area contributed by atoms with Crippen molar-refractivity contribution in [2.24, 2.45) is 0 Å². The molecule has 0 atom stereocenters. The third kappa shape index (κ3) is 5.24. The van der Waals surface area contributed by atoms with Gasteiger partial charge in [0.15, 0.2) is 5.75 Å². The molecule has 2 aromatic rings. The maximum atomic E-state index is 6.55. The van der Waals surface area contributed by atoms with E-state index in [4.69, 9.17) is 13.9 Å². The number of methoxy groups -OCH3 is 2. The van der Waals surface area contributed by atoms with Crippen LogP contribution in [0.5, 0.6) is 17.2 Å². The molecule has 0 amide bonds. The van der Waals surface area contributed by atoms with Gasteiger partial charge in [0.1, 0.15) is 11.5 Å². The Labute approximate surface area is 177 Å². The number of hydrogen-bond acceptors (Lipinski definition) is 3. The van der Waals surface area contributed by atoms with Gasteiger partial charge in [-0.05, 0) is 84.9 Å². The number of ether oxygens (including phenoxy) is 2. The van der Waals surface area contributed by atoms with Crippen LogP contribution in [0.2, 0.25) is 18.1 Å². The molecule has 0 saturated heterocycles. The summed E-state index contributed by atoms with van der Waals surface area (Å²) in [6.45, 7) is 17.6. The van der Waals surface area contributed by atoms with Crippen LogP contribution in [0.1, 0.15) is 49.9 Å². The Bertz CT molecular complexity index is 905. The van der Waals surface area contributed by atoms with Crippen molar-refractivity contribution in [3.8, 4) is 17.2 Å². The predicted molar refractivity (Wildman–Crippen MR) is 127 cm³/mol. The van der Waals surface area contributed by atoms with Crippen LogP contribution >= 0.6 is 0 Å². The minimum Gasteiger partial charge on any atom is -0.541 e. The highest BCUT2D eigenvalue weighted by Crippen LogP contribution is 2.40. The van der Waals surface area contributed by atoms with E-state index in [1.165, 1.54) is 16.7 Å². The molecular formula is C25H36O3Si. The topological polar surface area (TPSA) is 27.7 Å². The standard InChI is InChI=1S/C25H36O3Si/c1-17-14-21(16-23(27-8)19(17)3)18(2)13-20-11-12-22(26-7)24(15-20)28-29(9,10)25(4,5)6/h11-16H,1-10H3/b18-13-. The van der Waals surface area contributed by atoms with Crippen molar-refractivity contribution in [2.45, 2.75) is 59.7 Å². The van der Waals surface area contributed by atoms with E-state index in [2.05, 4.69) is 85.0 Å². The molecule has 0 N–H and O–H groups in total. The molecule has 0 fully saturated rings. The van der Waals surface area contributed by atoms with Gasteiger partial charge in [-0.15, -0.1) is 0 Å². The van der Waals surface area contributed by atoms with Crippen LogP contribution in [0, 0.1) is 13.8 Å². The molecule has 0 unspecified atom stereocenters. The summed E-state index contributed by atoms with van der Waals surface area (Å²) in [4.78, 5) is 0. The summed E-state index contributed by atoms with van der Waals surface area (Å²) < 4.78 is 17.7. The van der Waals surface area contributed by atoms with Crippen LogP contribution < -0.4 is 13.9 Å². The van der Waals surface area contributed by atoms with Gasteiger partial charge in [-0.2, -0.15) is 0 Å². The number of hydrogen-bond donors (Lipinski definition) is 0. The van der Waals surface area contributed by atoms with E-state index < -0.39 is 8.32 Å². The zero-order valence-electron chi connectivity index (χ0n) is 19.7. The van der Waals surface area contributed by atoms with Gasteiger partial charge in [-0.25, -0.2) is 0 Å². The highest BCUT2D eigenvalue weighted by Gasteiger charge is 2.39. The third-order valence-corrected chi connectivity index (χ3v) is 10.4. The molecule has 2 rings (SSSR count). The van der Waals surface area contributed by atoms with E-state index in [9.17, 15) is 0 Å². The minimum atomic E-state index is -1.96. The Morgan fingerprint density at radius 3 is 2.07 bits per heavy atom. The molecular weight excluding hydrogens is 376 g/mol. The van der Waals surface area contributed by atoms with Crippen LogP contribution in [0.4, 0.5) is 0 Å². The Balaban J connectivity index is 2.45. The van der Waals surface area contributed by atoms with Crippen molar-refractivity contribution >= 4 is 20.0 Å². The van der Waals surface area contributed by atoms with Gasteiger partial charge in [0.25, 0.3) is 8.32 Å². The van der Waals surface area contributed by atoms with Crippen LogP contribution in [0.25, 0.3) is 11.6 Å². The normalized spacial score (nSPS) is 12.7. The predicted octanol–water partition coefficient (Wildman–Crippen LogP) is 7.27. The fourth-order valence-corrected chi connectivity index (χ4v) is 3.91. The quantitative estimate of drug-likeness (QED) is 0.369. The Kier molecular flexibility index (Phi) is 6.89. The maximum absolute atomic E-state index is 6.55. The van der Waals surface area contributed by atoms with Crippen molar-refractivity contribution in [1.82, 2.24) is 0 Å². The number of benzene rings is 2. The fraction of sp³-hybridized carbons (Fsp3) is 0.440. The van der Waals surface area contributed by atoms with Gasteiger partial charge < -0.3 is 13.9 Å². The lowest BCUT2D eigenvalue weighted by molar-refractivity contribution is 0.386. The van der Waals surface area contributed by atoms with Crippen LogP contribution in [0.3, 0.4) is 0 Å². The molecule has 0 heterocycles. The summed E-state index contributed by atoms with van der Waals surface area (Å²) in [7, 11) is 1.45. The first-order valence-electron chi connectivity index (χ1n) is 10.1. The average Bonchev–Trinajstić information content (AvgIpc) is 2.62. The number of rotatable bonds is 6. The number of aryl methyl sites for hydroxylation is 1. The first-order valence-corrected chi connectivity index (χ1v) is 13.0. The summed E-state index contributed by atoms with van der Waals surface area (Å²) in [5.74, 6) is 2.51. The van der Waals surface area contributed by atoms with Crippen molar-refractivity contribution in [1.29, 1.82) is 0 Å². The number of allylic oxidation sites excluding steroid dienone is 1. The van der Waals surface area contributed by atoms with Crippen molar-refractivity contribution < 1.29 is 13.9 Å². The molecule has 158 valence electrons. The highest BCUT2D eigenvalue weighted by atomic mass is 28.4. The zero-order valence-corrected chi connectivity index (χ0v) is 20.7. The van der Waals surface area contributed by atoms with Crippen molar-refractivity contribution in [2.75, 3.05) is 14.2 Å². The molecule has 0 aromatic heterocycles. The zero-order chi connectivity index (χ0) is 22.0. The first kappa shape index (κ1) is 23.1. The summed E-state index contributed by atoms with van der Waals surface area (Å²) in [5, 5.41) is 0.121.